The molecule has 0 aromatic rings. The lowest BCUT2D eigenvalue weighted by Crippen LogP contribution is -2.41. The second kappa shape index (κ2) is 6.58. The average molecular weight is 235 g/mol. The molecule has 1 saturated carbocycles. The predicted octanol–water partition coefficient (Wildman–Crippen LogP) is 4.29. The van der Waals surface area contributed by atoms with Gasteiger partial charge in [-0.1, -0.05) is 38.3 Å². The highest BCUT2D eigenvalue weighted by Gasteiger charge is 2.26. The third-order valence-corrected chi connectivity index (χ3v) is 4.94. The summed E-state index contributed by atoms with van der Waals surface area (Å²) in [4.78, 5) is 0. The number of nitrogens with one attached hydrogen (secondary N) is 1. The largest absolute Gasteiger partial charge is 0.313 e. The Kier molecular flexibility index (Phi) is 5.09. The Hall–Kier alpha value is -0.300. The molecule has 1 N–H and O–H groups in total. The zero-order valence-electron chi connectivity index (χ0n) is 11.7. The number of allylic oxidation sites excluding steroid dienone is 1. The Morgan fingerprint density at radius 2 is 2.06 bits per heavy atom. The summed E-state index contributed by atoms with van der Waals surface area (Å²) in [6.45, 7) is 6.05. The molecule has 3 unspecified atom stereocenters. The van der Waals surface area contributed by atoms with Crippen molar-refractivity contribution in [2.24, 2.45) is 11.8 Å². The van der Waals surface area contributed by atoms with Crippen molar-refractivity contribution in [2.75, 3.05) is 6.54 Å². The Bertz CT molecular complexity index is 256. The summed E-state index contributed by atoms with van der Waals surface area (Å²) < 4.78 is 0. The molecule has 2 rings (SSSR count). The summed E-state index contributed by atoms with van der Waals surface area (Å²) >= 11 is 0. The minimum atomic E-state index is 0.781. The molecular weight excluding hydrogens is 206 g/mol. The van der Waals surface area contributed by atoms with Crippen LogP contribution in [0.3, 0.4) is 0 Å². The molecule has 0 spiro atoms. The van der Waals surface area contributed by atoms with Gasteiger partial charge in [0.15, 0.2) is 0 Å². The molecule has 1 heteroatoms. The molecule has 0 aromatic carbocycles. The van der Waals surface area contributed by atoms with Crippen LogP contribution in [-0.2, 0) is 0 Å². The Labute approximate surface area is 107 Å². The molecule has 2 aliphatic carbocycles. The fourth-order valence-electron chi connectivity index (χ4n) is 3.42. The number of rotatable bonds is 4. The van der Waals surface area contributed by atoms with E-state index in [1.54, 1.807) is 5.57 Å². The molecule has 1 nitrogen and oxygen atoms in total. The number of hydrogen-bond donors (Lipinski definition) is 1. The van der Waals surface area contributed by atoms with E-state index in [0.29, 0.717) is 0 Å². The molecule has 0 amide bonds. The molecule has 0 saturated heterocycles. The molecule has 0 aromatic heterocycles. The van der Waals surface area contributed by atoms with Crippen LogP contribution in [0.25, 0.3) is 0 Å². The van der Waals surface area contributed by atoms with Gasteiger partial charge in [-0.2, -0.15) is 0 Å². The van der Waals surface area contributed by atoms with Crippen LogP contribution in [0, 0.1) is 11.8 Å². The molecule has 0 heterocycles. The Morgan fingerprint density at radius 3 is 2.82 bits per heavy atom. The standard InChI is InChI=1S/C16H29N/c1-13-7-6-10-16(14(13)2)17-12-11-15-8-4-3-5-9-15/h8,13-14,16-17H,3-7,9-12H2,1-2H3. The first-order valence-corrected chi connectivity index (χ1v) is 7.68. The smallest absolute Gasteiger partial charge is 0.00953 e. The first-order chi connectivity index (χ1) is 8.27. The quantitative estimate of drug-likeness (QED) is 0.717. The molecule has 98 valence electrons. The van der Waals surface area contributed by atoms with E-state index < -0.39 is 0 Å². The molecule has 0 bridgehead atoms. The lowest BCUT2D eigenvalue weighted by Gasteiger charge is -2.35. The lowest BCUT2D eigenvalue weighted by molar-refractivity contribution is 0.208. The first-order valence-electron chi connectivity index (χ1n) is 7.68. The van der Waals surface area contributed by atoms with Gasteiger partial charge in [-0.3, -0.25) is 0 Å². The van der Waals surface area contributed by atoms with Gasteiger partial charge in [-0.05, 0) is 56.9 Å². The van der Waals surface area contributed by atoms with Gasteiger partial charge in [-0.25, -0.2) is 0 Å². The van der Waals surface area contributed by atoms with Crippen molar-refractivity contribution < 1.29 is 0 Å². The van der Waals surface area contributed by atoms with Gasteiger partial charge in [0.2, 0.25) is 0 Å². The van der Waals surface area contributed by atoms with Crippen LogP contribution in [-0.4, -0.2) is 12.6 Å². The second-order valence-electron chi connectivity index (χ2n) is 6.19. The molecule has 2 aliphatic rings. The van der Waals surface area contributed by atoms with Crippen molar-refractivity contribution in [3.05, 3.63) is 11.6 Å². The zero-order valence-corrected chi connectivity index (χ0v) is 11.7. The summed E-state index contributed by atoms with van der Waals surface area (Å²) in [5.74, 6) is 1.78. The van der Waals surface area contributed by atoms with Crippen LogP contribution >= 0.6 is 0 Å². The minimum absolute atomic E-state index is 0.781. The SMILES string of the molecule is CC1CCCC(NCCC2=CCCCC2)C1C. The predicted molar refractivity (Wildman–Crippen MR) is 75.1 cm³/mol. The molecular formula is C16H29N. The van der Waals surface area contributed by atoms with Gasteiger partial charge in [0.05, 0.1) is 0 Å². The highest BCUT2D eigenvalue weighted by atomic mass is 14.9. The van der Waals surface area contributed by atoms with Gasteiger partial charge in [0.1, 0.15) is 0 Å². The van der Waals surface area contributed by atoms with Crippen LogP contribution in [0.5, 0.6) is 0 Å². The second-order valence-corrected chi connectivity index (χ2v) is 6.19. The monoisotopic (exact) mass is 235 g/mol. The maximum atomic E-state index is 3.81. The maximum absolute atomic E-state index is 3.81. The van der Waals surface area contributed by atoms with Crippen molar-refractivity contribution in [1.82, 2.24) is 5.32 Å². The van der Waals surface area contributed by atoms with Crippen molar-refractivity contribution >= 4 is 0 Å². The molecule has 0 radical (unpaired) electrons. The van der Waals surface area contributed by atoms with Gasteiger partial charge in [-0.15, -0.1) is 0 Å². The van der Waals surface area contributed by atoms with Gasteiger partial charge >= 0.3 is 0 Å². The summed E-state index contributed by atoms with van der Waals surface area (Å²) in [6, 6.07) is 0.781. The van der Waals surface area contributed by atoms with E-state index in [1.807, 2.05) is 0 Å². The van der Waals surface area contributed by atoms with Crippen molar-refractivity contribution in [3.63, 3.8) is 0 Å². The lowest BCUT2D eigenvalue weighted by atomic mass is 9.78. The van der Waals surface area contributed by atoms with E-state index in [2.05, 4.69) is 25.2 Å². The number of hydrogen-bond acceptors (Lipinski definition) is 1. The highest BCUT2D eigenvalue weighted by molar-refractivity contribution is 5.05. The van der Waals surface area contributed by atoms with E-state index in [9.17, 15) is 0 Å². The Morgan fingerprint density at radius 1 is 1.18 bits per heavy atom. The van der Waals surface area contributed by atoms with Crippen LogP contribution in [0.1, 0.15) is 65.2 Å². The van der Waals surface area contributed by atoms with Crippen molar-refractivity contribution in [3.8, 4) is 0 Å². The molecule has 17 heavy (non-hydrogen) atoms. The fraction of sp³-hybridized carbons (Fsp3) is 0.875. The molecule has 1 fully saturated rings. The first kappa shape index (κ1) is 13.1. The Balaban J connectivity index is 1.68. The summed E-state index contributed by atoms with van der Waals surface area (Å²) in [6.07, 6.45) is 13.5. The normalized spacial score (nSPS) is 34.5. The maximum Gasteiger partial charge on any atom is 0.00953 e. The van der Waals surface area contributed by atoms with E-state index in [4.69, 9.17) is 0 Å². The van der Waals surface area contributed by atoms with Crippen LogP contribution in [0.15, 0.2) is 11.6 Å². The van der Waals surface area contributed by atoms with E-state index in [1.165, 1.54) is 57.9 Å². The van der Waals surface area contributed by atoms with Crippen molar-refractivity contribution in [2.45, 2.75) is 71.3 Å². The zero-order chi connectivity index (χ0) is 12.1. The van der Waals surface area contributed by atoms with Crippen LogP contribution < -0.4 is 5.32 Å². The molecule has 0 aliphatic heterocycles. The summed E-state index contributed by atoms with van der Waals surface area (Å²) in [7, 11) is 0. The minimum Gasteiger partial charge on any atom is -0.313 e. The third kappa shape index (κ3) is 3.84. The average Bonchev–Trinajstić information content (AvgIpc) is 2.36. The van der Waals surface area contributed by atoms with E-state index in [-0.39, 0.29) is 0 Å². The molecule has 3 atom stereocenters. The summed E-state index contributed by atoms with van der Waals surface area (Å²) in [5, 5.41) is 3.81. The van der Waals surface area contributed by atoms with E-state index in [0.717, 1.165) is 17.9 Å². The van der Waals surface area contributed by atoms with Crippen molar-refractivity contribution in [1.29, 1.82) is 0 Å². The third-order valence-electron chi connectivity index (χ3n) is 4.94. The van der Waals surface area contributed by atoms with Gasteiger partial charge in [0.25, 0.3) is 0 Å². The topological polar surface area (TPSA) is 12.0 Å². The van der Waals surface area contributed by atoms with Gasteiger partial charge < -0.3 is 5.32 Å². The highest BCUT2D eigenvalue weighted by Crippen LogP contribution is 2.29. The van der Waals surface area contributed by atoms with Gasteiger partial charge in [0, 0.05) is 6.04 Å². The van der Waals surface area contributed by atoms with Crippen LogP contribution in [0.2, 0.25) is 0 Å². The summed E-state index contributed by atoms with van der Waals surface area (Å²) in [5.41, 5.74) is 1.71. The van der Waals surface area contributed by atoms with E-state index >= 15 is 0 Å². The van der Waals surface area contributed by atoms with Crippen LogP contribution in [0.4, 0.5) is 0 Å². The fourth-order valence-corrected chi connectivity index (χ4v) is 3.42.